The smallest absolute Gasteiger partial charge is 0.142 e. The average Bonchev–Trinajstić information content (AvgIpc) is 3.22. The second kappa shape index (κ2) is 9.13. The Kier molecular flexibility index (Phi) is 5.73. The summed E-state index contributed by atoms with van der Waals surface area (Å²) in [5.74, 6) is 8.32. The van der Waals surface area contributed by atoms with Gasteiger partial charge in [-0.05, 0) is 67.3 Å². The molecule has 3 aromatic carbocycles. The molecule has 5 rings (SSSR count). The lowest BCUT2D eigenvalue weighted by molar-refractivity contribution is 0.323. The van der Waals surface area contributed by atoms with E-state index in [9.17, 15) is 0 Å². The Balaban J connectivity index is 1.57. The van der Waals surface area contributed by atoms with Crippen LogP contribution in [0.1, 0.15) is 48.8 Å². The average molecular weight is 416 g/mol. The van der Waals surface area contributed by atoms with Gasteiger partial charge in [-0.25, -0.2) is 4.98 Å². The van der Waals surface area contributed by atoms with E-state index in [1.54, 1.807) is 12.1 Å². The van der Waals surface area contributed by atoms with Gasteiger partial charge in [0.25, 0.3) is 0 Å². The van der Waals surface area contributed by atoms with Crippen molar-refractivity contribution in [1.29, 1.82) is 5.26 Å². The Morgan fingerprint density at radius 1 is 0.812 bits per heavy atom. The van der Waals surface area contributed by atoms with Crippen LogP contribution in [-0.2, 0) is 6.54 Å². The van der Waals surface area contributed by atoms with Crippen molar-refractivity contribution >= 4 is 11.0 Å². The minimum atomic E-state index is 0.646. The van der Waals surface area contributed by atoms with Gasteiger partial charge in [0.05, 0.1) is 22.7 Å². The number of hydrogen-bond acceptors (Lipinski definition) is 2. The third-order valence-electron chi connectivity index (χ3n) is 6.34. The number of benzene rings is 3. The maximum Gasteiger partial charge on any atom is 0.142 e. The van der Waals surface area contributed by atoms with Gasteiger partial charge in [0.2, 0.25) is 0 Å². The zero-order valence-electron chi connectivity index (χ0n) is 18.1. The summed E-state index contributed by atoms with van der Waals surface area (Å²) in [6.07, 6.45) is 6.62. The van der Waals surface area contributed by atoms with Crippen molar-refractivity contribution in [2.75, 3.05) is 0 Å². The van der Waals surface area contributed by atoms with Crippen LogP contribution < -0.4 is 0 Å². The molecule has 1 aliphatic rings. The first kappa shape index (κ1) is 20.1. The molecule has 3 nitrogen and oxygen atoms in total. The Morgan fingerprint density at radius 2 is 1.53 bits per heavy atom. The highest BCUT2D eigenvalue weighted by atomic mass is 15.1. The minimum absolute atomic E-state index is 0.646. The molecule has 0 bridgehead atoms. The number of imidazole rings is 1. The molecule has 0 unspecified atom stereocenters. The summed E-state index contributed by atoms with van der Waals surface area (Å²) < 4.78 is 2.41. The number of aromatic nitrogens is 2. The number of nitriles is 1. The molecule has 3 heteroatoms. The molecule has 1 aromatic heterocycles. The first-order valence-corrected chi connectivity index (χ1v) is 11.4. The van der Waals surface area contributed by atoms with Gasteiger partial charge in [0.1, 0.15) is 5.82 Å². The third kappa shape index (κ3) is 4.16. The highest BCUT2D eigenvalue weighted by Gasteiger charge is 2.20. The lowest BCUT2D eigenvalue weighted by Gasteiger charge is -2.23. The molecule has 1 fully saturated rings. The van der Waals surface area contributed by atoms with Gasteiger partial charge in [-0.2, -0.15) is 5.26 Å². The fourth-order valence-corrected chi connectivity index (χ4v) is 4.65. The molecule has 0 aliphatic heterocycles. The zero-order chi connectivity index (χ0) is 21.8. The van der Waals surface area contributed by atoms with E-state index in [1.807, 2.05) is 18.2 Å². The largest absolute Gasteiger partial charge is 0.324 e. The number of nitrogens with zero attached hydrogens (tertiary/aromatic N) is 3. The van der Waals surface area contributed by atoms with Gasteiger partial charge in [-0.3, -0.25) is 0 Å². The SMILES string of the molecule is N#Cc1ccc(C#Cc2ccccc2-c2nc3ccccc3n2CC2CCCCC2)cc1. The number of hydrogen-bond donors (Lipinski definition) is 0. The summed E-state index contributed by atoms with van der Waals surface area (Å²) >= 11 is 0. The van der Waals surface area contributed by atoms with E-state index in [0.29, 0.717) is 11.5 Å². The van der Waals surface area contributed by atoms with Crippen LogP contribution in [0.4, 0.5) is 0 Å². The molecular weight excluding hydrogens is 390 g/mol. The summed E-state index contributed by atoms with van der Waals surface area (Å²) in [6, 6.07) is 26.3. The third-order valence-corrected chi connectivity index (χ3v) is 6.34. The van der Waals surface area contributed by atoms with Gasteiger partial charge in [0, 0.05) is 23.2 Å². The molecule has 0 atom stereocenters. The molecule has 0 spiro atoms. The maximum absolute atomic E-state index is 9.01. The van der Waals surface area contributed by atoms with Crippen molar-refractivity contribution < 1.29 is 0 Å². The fourth-order valence-electron chi connectivity index (χ4n) is 4.65. The van der Waals surface area contributed by atoms with Crippen molar-refractivity contribution in [3.63, 3.8) is 0 Å². The molecule has 0 radical (unpaired) electrons. The van der Waals surface area contributed by atoms with Crippen LogP contribution in [0.3, 0.4) is 0 Å². The number of rotatable bonds is 3. The van der Waals surface area contributed by atoms with Crippen molar-refractivity contribution in [2.24, 2.45) is 5.92 Å². The van der Waals surface area contributed by atoms with Gasteiger partial charge in [-0.1, -0.05) is 55.4 Å². The predicted molar refractivity (Wildman–Crippen MR) is 129 cm³/mol. The molecule has 0 saturated heterocycles. The van der Waals surface area contributed by atoms with Crippen LogP contribution >= 0.6 is 0 Å². The minimum Gasteiger partial charge on any atom is -0.324 e. The lowest BCUT2D eigenvalue weighted by atomic mass is 9.89. The van der Waals surface area contributed by atoms with Crippen LogP contribution in [0.5, 0.6) is 0 Å². The Bertz CT molecular complexity index is 1340. The van der Waals surface area contributed by atoms with Gasteiger partial charge in [0.15, 0.2) is 0 Å². The maximum atomic E-state index is 9.01. The molecule has 32 heavy (non-hydrogen) atoms. The second-order valence-electron chi connectivity index (χ2n) is 8.52. The standard InChI is InChI=1S/C29H25N3/c30-20-23-16-14-22(15-17-23)18-19-25-10-4-5-11-26(25)29-31-27-12-6-7-13-28(27)32(29)21-24-8-2-1-3-9-24/h4-7,10-17,24H,1-3,8-9,21H2. The van der Waals surface area contributed by atoms with Crippen LogP contribution in [-0.4, -0.2) is 9.55 Å². The van der Waals surface area contributed by atoms with E-state index in [4.69, 9.17) is 10.2 Å². The Labute approximate surface area is 189 Å². The van der Waals surface area contributed by atoms with Crippen molar-refractivity contribution in [1.82, 2.24) is 9.55 Å². The predicted octanol–water partition coefficient (Wildman–Crippen LogP) is 6.56. The van der Waals surface area contributed by atoms with E-state index in [0.717, 1.165) is 34.6 Å². The molecule has 4 aromatic rings. The molecule has 1 heterocycles. The van der Waals surface area contributed by atoms with Crippen LogP contribution in [0.2, 0.25) is 0 Å². The van der Waals surface area contributed by atoms with E-state index >= 15 is 0 Å². The molecular formula is C29H25N3. The summed E-state index contributed by atoms with van der Waals surface area (Å²) in [7, 11) is 0. The fraction of sp³-hybridized carbons (Fsp3) is 0.241. The molecule has 1 saturated carbocycles. The molecule has 0 N–H and O–H groups in total. The first-order chi connectivity index (χ1) is 15.8. The van der Waals surface area contributed by atoms with Gasteiger partial charge < -0.3 is 4.57 Å². The zero-order valence-corrected chi connectivity index (χ0v) is 18.1. The van der Waals surface area contributed by atoms with Crippen LogP contribution in [0.25, 0.3) is 22.4 Å². The number of fused-ring (bicyclic) bond motifs is 1. The van der Waals surface area contributed by atoms with Crippen molar-refractivity contribution in [2.45, 2.75) is 38.6 Å². The highest BCUT2D eigenvalue weighted by Crippen LogP contribution is 2.31. The van der Waals surface area contributed by atoms with Crippen LogP contribution in [0, 0.1) is 29.1 Å². The second-order valence-corrected chi connectivity index (χ2v) is 8.52. The van der Waals surface area contributed by atoms with E-state index in [2.05, 4.69) is 64.9 Å². The first-order valence-electron chi connectivity index (χ1n) is 11.4. The summed E-state index contributed by atoms with van der Waals surface area (Å²) in [6.45, 7) is 1.01. The Hall–Kier alpha value is -3.82. The Morgan fingerprint density at radius 3 is 2.34 bits per heavy atom. The van der Waals surface area contributed by atoms with Gasteiger partial charge in [-0.15, -0.1) is 0 Å². The molecule has 1 aliphatic carbocycles. The topological polar surface area (TPSA) is 41.6 Å². The highest BCUT2D eigenvalue weighted by molar-refractivity contribution is 5.82. The monoisotopic (exact) mass is 415 g/mol. The quantitative estimate of drug-likeness (QED) is 0.356. The van der Waals surface area contributed by atoms with E-state index in [1.165, 1.54) is 37.6 Å². The molecule has 0 amide bonds. The molecule has 156 valence electrons. The summed E-state index contributed by atoms with van der Waals surface area (Å²) in [5.41, 5.74) is 5.82. The van der Waals surface area contributed by atoms with Gasteiger partial charge >= 0.3 is 0 Å². The van der Waals surface area contributed by atoms with Crippen LogP contribution in [0.15, 0.2) is 72.8 Å². The van der Waals surface area contributed by atoms with Crippen molar-refractivity contribution in [3.05, 3.63) is 89.5 Å². The van der Waals surface area contributed by atoms with E-state index in [-0.39, 0.29) is 0 Å². The summed E-state index contributed by atoms with van der Waals surface area (Å²) in [5, 5.41) is 9.01. The van der Waals surface area contributed by atoms with E-state index < -0.39 is 0 Å². The number of para-hydroxylation sites is 2. The lowest BCUT2D eigenvalue weighted by Crippen LogP contribution is -2.15. The summed E-state index contributed by atoms with van der Waals surface area (Å²) in [4.78, 5) is 5.05. The normalized spacial score (nSPS) is 14.0. The van der Waals surface area contributed by atoms with Crippen molar-refractivity contribution in [3.8, 4) is 29.3 Å².